The maximum Gasteiger partial charge on any atom is 0.249 e. The molecule has 1 aliphatic rings. The van der Waals surface area contributed by atoms with Crippen molar-refractivity contribution in [2.45, 2.75) is 19.4 Å². The lowest BCUT2D eigenvalue weighted by Gasteiger charge is -2.38. The van der Waals surface area contributed by atoms with Gasteiger partial charge in [0.2, 0.25) is 11.8 Å². The quantitative estimate of drug-likeness (QED) is 0.567. The van der Waals surface area contributed by atoms with Crippen LogP contribution in [0.15, 0.2) is 11.6 Å². The van der Waals surface area contributed by atoms with Crippen LogP contribution >= 0.6 is 0 Å². The summed E-state index contributed by atoms with van der Waals surface area (Å²) in [7, 11) is 0. The number of amides is 2. The average molecular weight is 197 g/mol. The molecule has 0 radical (unpaired) electrons. The minimum absolute atomic E-state index is 0.148. The Morgan fingerprint density at radius 1 is 1.57 bits per heavy atom. The van der Waals surface area contributed by atoms with Gasteiger partial charge in [-0.05, 0) is 13.3 Å². The van der Waals surface area contributed by atoms with Crippen molar-refractivity contribution in [2.75, 3.05) is 13.1 Å². The summed E-state index contributed by atoms with van der Waals surface area (Å²) in [6.45, 7) is 2.61. The molecule has 0 aromatic carbocycles. The van der Waals surface area contributed by atoms with Gasteiger partial charge in [-0.25, -0.2) is 0 Å². The third kappa shape index (κ3) is 1.93. The molecule has 1 rings (SSSR count). The predicted molar refractivity (Wildman–Crippen MR) is 52.1 cm³/mol. The third-order valence-electron chi connectivity index (χ3n) is 2.37. The molecule has 2 amide bonds. The molecule has 1 saturated heterocycles. The topological polar surface area (TPSA) is 89.4 Å². The molecule has 5 heteroatoms. The lowest BCUT2D eigenvalue weighted by molar-refractivity contribution is -0.142. The van der Waals surface area contributed by atoms with Crippen molar-refractivity contribution in [2.24, 2.45) is 11.5 Å². The van der Waals surface area contributed by atoms with Crippen molar-refractivity contribution in [3.05, 3.63) is 11.6 Å². The summed E-state index contributed by atoms with van der Waals surface area (Å²) in [6.07, 6.45) is 2.30. The molecule has 1 heterocycles. The Morgan fingerprint density at radius 2 is 2.21 bits per heavy atom. The van der Waals surface area contributed by atoms with Crippen LogP contribution in [0.5, 0.6) is 0 Å². The predicted octanol–water partition coefficient (Wildman–Crippen LogP) is -1.02. The molecular weight excluding hydrogens is 182 g/mol. The summed E-state index contributed by atoms with van der Waals surface area (Å²) in [5, 5.41) is 0. The Balaban J connectivity index is 2.62. The second kappa shape index (κ2) is 4.23. The van der Waals surface area contributed by atoms with Crippen molar-refractivity contribution in [1.82, 2.24) is 4.90 Å². The van der Waals surface area contributed by atoms with Crippen LogP contribution in [0, 0.1) is 0 Å². The summed E-state index contributed by atoms with van der Waals surface area (Å²) in [5.74, 6) is -0.587. The molecule has 0 bridgehead atoms. The standard InChI is InChI=1S/C9H15N3O2/c1-6(2-4-10)9(14)12-5-3-7(12)8(11)13/h2,7H,3-5,10H2,1H3,(H2,11,13)/b6-2+. The van der Waals surface area contributed by atoms with E-state index in [0.29, 0.717) is 25.1 Å². The average Bonchev–Trinajstić information content (AvgIpc) is 2.01. The molecule has 4 N–H and O–H groups in total. The summed E-state index contributed by atoms with van der Waals surface area (Å²) < 4.78 is 0. The van der Waals surface area contributed by atoms with Gasteiger partial charge >= 0.3 is 0 Å². The van der Waals surface area contributed by atoms with Gasteiger partial charge < -0.3 is 16.4 Å². The molecular formula is C9H15N3O2. The van der Waals surface area contributed by atoms with E-state index in [9.17, 15) is 9.59 Å². The monoisotopic (exact) mass is 197 g/mol. The molecule has 0 saturated carbocycles. The largest absolute Gasteiger partial charge is 0.368 e. The van der Waals surface area contributed by atoms with Crippen LogP contribution in [0.25, 0.3) is 0 Å². The van der Waals surface area contributed by atoms with E-state index in [1.807, 2.05) is 0 Å². The lowest BCUT2D eigenvalue weighted by atomic mass is 10.0. The maximum absolute atomic E-state index is 11.6. The van der Waals surface area contributed by atoms with Gasteiger partial charge in [-0.2, -0.15) is 0 Å². The normalized spacial score (nSPS) is 21.7. The first-order valence-corrected chi connectivity index (χ1v) is 4.55. The van der Waals surface area contributed by atoms with E-state index in [4.69, 9.17) is 11.5 Å². The summed E-state index contributed by atoms with van der Waals surface area (Å²) in [4.78, 5) is 24.0. The Kier molecular flexibility index (Phi) is 3.24. The zero-order chi connectivity index (χ0) is 10.7. The molecule has 14 heavy (non-hydrogen) atoms. The number of nitrogens with zero attached hydrogens (tertiary/aromatic N) is 1. The fraction of sp³-hybridized carbons (Fsp3) is 0.556. The van der Waals surface area contributed by atoms with Crippen LogP contribution in [0.1, 0.15) is 13.3 Å². The smallest absolute Gasteiger partial charge is 0.249 e. The molecule has 1 atom stereocenters. The van der Waals surface area contributed by atoms with E-state index in [1.165, 1.54) is 4.90 Å². The zero-order valence-corrected chi connectivity index (χ0v) is 8.19. The molecule has 0 aliphatic carbocycles. The summed E-state index contributed by atoms with van der Waals surface area (Å²) in [6, 6.07) is -0.427. The van der Waals surface area contributed by atoms with Crippen molar-refractivity contribution < 1.29 is 9.59 Å². The van der Waals surface area contributed by atoms with Gasteiger partial charge in [-0.15, -0.1) is 0 Å². The lowest BCUT2D eigenvalue weighted by Crippen LogP contribution is -2.57. The van der Waals surface area contributed by atoms with Gasteiger partial charge in [-0.3, -0.25) is 9.59 Å². The number of hydrogen-bond donors (Lipinski definition) is 2. The van der Waals surface area contributed by atoms with Crippen LogP contribution in [-0.2, 0) is 9.59 Å². The van der Waals surface area contributed by atoms with Crippen LogP contribution in [0.3, 0.4) is 0 Å². The van der Waals surface area contributed by atoms with Crippen LogP contribution < -0.4 is 11.5 Å². The van der Waals surface area contributed by atoms with E-state index in [-0.39, 0.29) is 5.91 Å². The van der Waals surface area contributed by atoms with Crippen LogP contribution in [0.2, 0.25) is 0 Å². The minimum Gasteiger partial charge on any atom is -0.368 e. The minimum atomic E-state index is -0.440. The summed E-state index contributed by atoms with van der Waals surface area (Å²) in [5.41, 5.74) is 11.0. The van der Waals surface area contributed by atoms with Crippen molar-refractivity contribution in [1.29, 1.82) is 0 Å². The van der Waals surface area contributed by atoms with Gasteiger partial charge in [-0.1, -0.05) is 6.08 Å². The molecule has 0 aromatic heterocycles. The second-order valence-electron chi connectivity index (χ2n) is 3.33. The van der Waals surface area contributed by atoms with E-state index < -0.39 is 11.9 Å². The Labute approximate surface area is 82.7 Å². The zero-order valence-electron chi connectivity index (χ0n) is 8.19. The highest BCUT2D eigenvalue weighted by molar-refractivity contribution is 5.97. The molecule has 1 aliphatic heterocycles. The van der Waals surface area contributed by atoms with E-state index >= 15 is 0 Å². The fourth-order valence-electron chi connectivity index (χ4n) is 1.42. The van der Waals surface area contributed by atoms with E-state index in [2.05, 4.69) is 0 Å². The second-order valence-corrected chi connectivity index (χ2v) is 3.33. The molecule has 78 valence electrons. The molecule has 1 fully saturated rings. The SMILES string of the molecule is C/C(=C\CN)C(=O)N1CCC1C(N)=O. The number of likely N-dealkylation sites (tertiary alicyclic amines) is 1. The maximum atomic E-state index is 11.6. The van der Waals surface area contributed by atoms with Gasteiger partial charge in [0.1, 0.15) is 6.04 Å². The fourth-order valence-corrected chi connectivity index (χ4v) is 1.42. The molecule has 5 nitrogen and oxygen atoms in total. The van der Waals surface area contributed by atoms with Gasteiger partial charge in [0.15, 0.2) is 0 Å². The highest BCUT2D eigenvalue weighted by Gasteiger charge is 2.36. The van der Waals surface area contributed by atoms with Crippen molar-refractivity contribution >= 4 is 11.8 Å². The van der Waals surface area contributed by atoms with Crippen molar-refractivity contribution in [3.8, 4) is 0 Å². The number of primary amides is 1. The Morgan fingerprint density at radius 3 is 2.57 bits per heavy atom. The number of carbonyl (C=O) groups excluding carboxylic acids is 2. The Bertz CT molecular complexity index is 286. The highest BCUT2D eigenvalue weighted by atomic mass is 16.2. The van der Waals surface area contributed by atoms with E-state index in [1.54, 1.807) is 13.0 Å². The first-order chi connectivity index (χ1) is 6.57. The van der Waals surface area contributed by atoms with Crippen molar-refractivity contribution in [3.63, 3.8) is 0 Å². The molecule has 0 spiro atoms. The van der Waals surface area contributed by atoms with Crippen LogP contribution in [0.4, 0.5) is 0 Å². The summed E-state index contributed by atoms with van der Waals surface area (Å²) >= 11 is 0. The number of nitrogens with two attached hydrogens (primary N) is 2. The van der Waals surface area contributed by atoms with Crippen LogP contribution in [-0.4, -0.2) is 35.8 Å². The molecule has 0 aromatic rings. The number of hydrogen-bond acceptors (Lipinski definition) is 3. The third-order valence-corrected chi connectivity index (χ3v) is 2.37. The van der Waals surface area contributed by atoms with Gasteiger partial charge in [0.25, 0.3) is 0 Å². The Hall–Kier alpha value is -1.36. The number of carbonyl (C=O) groups is 2. The first-order valence-electron chi connectivity index (χ1n) is 4.55. The first kappa shape index (κ1) is 10.7. The number of rotatable bonds is 3. The van der Waals surface area contributed by atoms with Gasteiger partial charge in [0, 0.05) is 18.7 Å². The van der Waals surface area contributed by atoms with Gasteiger partial charge in [0.05, 0.1) is 0 Å². The molecule has 1 unspecified atom stereocenters. The highest BCUT2D eigenvalue weighted by Crippen LogP contribution is 2.19. The van der Waals surface area contributed by atoms with E-state index in [0.717, 1.165) is 0 Å².